The van der Waals surface area contributed by atoms with Crippen LogP contribution in [0, 0.1) is 0 Å². The summed E-state index contributed by atoms with van der Waals surface area (Å²) < 4.78 is 2.21. The van der Waals surface area contributed by atoms with Crippen LogP contribution in [0.5, 0.6) is 0 Å². The number of nitrogens with one attached hydrogen (secondary N) is 2. The third kappa shape index (κ3) is 2.91. The number of fused-ring (bicyclic) bond motifs is 1. The molecule has 0 spiro atoms. The molecule has 0 saturated carbocycles. The predicted molar refractivity (Wildman–Crippen MR) is 126 cm³/mol. The van der Waals surface area contributed by atoms with Crippen molar-refractivity contribution in [2.45, 2.75) is 19.0 Å². The average molecular weight is 432 g/mol. The molecule has 0 bridgehead atoms. The van der Waals surface area contributed by atoms with Crippen molar-refractivity contribution in [1.29, 1.82) is 0 Å². The number of benzene rings is 3. The van der Waals surface area contributed by atoms with E-state index in [1.807, 2.05) is 30.5 Å². The first kappa shape index (κ1) is 18.1. The van der Waals surface area contributed by atoms with E-state index in [1.165, 1.54) is 33.2 Å². The summed E-state index contributed by atoms with van der Waals surface area (Å²) in [6.07, 6.45) is 7.13. The normalized spacial score (nSPS) is 16.4. The molecule has 8 nitrogen and oxygen atoms in total. The van der Waals surface area contributed by atoms with Crippen molar-refractivity contribution < 1.29 is 0 Å². The van der Waals surface area contributed by atoms with Gasteiger partial charge in [-0.3, -0.25) is 15.1 Å². The third-order valence-corrected chi connectivity index (χ3v) is 6.55. The summed E-state index contributed by atoms with van der Waals surface area (Å²) in [4.78, 5) is 0. The van der Waals surface area contributed by atoms with Crippen molar-refractivity contribution in [1.82, 2.24) is 35.4 Å². The fraction of sp³-hybridized carbons (Fsp3) is 0.120. The average Bonchev–Trinajstić information content (AvgIpc) is 3.60. The standard InChI is InChI=1S/C25H20N8/c1-3-16-4-2-6-21-22(13-18(5-1)24(16)21)33-23-15-32(12-11-19(23)14-26-33)29-20-9-7-17(8-10-20)25-27-30-31-28-25/h1-12,14,22,29H,13,15H2,(H,27,28,30,31)/t22-/m0/s1. The highest BCUT2D eigenvalue weighted by atomic mass is 15.5. The van der Waals surface area contributed by atoms with Crippen molar-refractivity contribution in [3.05, 3.63) is 95.4 Å². The van der Waals surface area contributed by atoms with Crippen LogP contribution in [0.3, 0.4) is 0 Å². The van der Waals surface area contributed by atoms with Crippen LogP contribution in [-0.4, -0.2) is 35.4 Å². The number of H-pyrrole nitrogens is 1. The number of nitrogens with zero attached hydrogens (tertiary/aromatic N) is 6. The number of hydrogen-bond donors (Lipinski definition) is 2. The maximum atomic E-state index is 4.82. The molecule has 3 aromatic carbocycles. The zero-order valence-corrected chi connectivity index (χ0v) is 17.7. The van der Waals surface area contributed by atoms with Gasteiger partial charge >= 0.3 is 0 Å². The molecule has 0 unspecified atom stereocenters. The van der Waals surface area contributed by atoms with Gasteiger partial charge in [0, 0.05) is 17.3 Å². The number of hydrazine groups is 1. The van der Waals surface area contributed by atoms with Crippen LogP contribution >= 0.6 is 0 Å². The highest BCUT2D eigenvalue weighted by Gasteiger charge is 2.29. The molecule has 7 rings (SSSR count). The van der Waals surface area contributed by atoms with Crippen LogP contribution in [0.4, 0.5) is 5.69 Å². The lowest BCUT2D eigenvalue weighted by Gasteiger charge is -2.27. The van der Waals surface area contributed by atoms with E-state index >= 15 is 0 Å². The van der Waals surface area contributed by atoms with Gasteiger partial charge in [-0.25, -0.2) is 5.10 Å². The number of anilines is 1. The minimum Gasteiger partial charge on any atom is -0.299 e. The molecular formula is C25H20N8. The molecule has 3 heterocycles. The van der Waals surface area contributed by atoms with Crippen LogP contribution < -0.4 is 5.43 Å². The molecule has 1 aliphatic heterocycles. The first-order chi connectivity index (χ1) is 16.3. The summed E-state index contributed by atoms with van der Waals surface area (Å²) in [6, 6.07) is 21.4. The number of aromatic nitrogens is 6. The minimum absolute atomic E-state index is 0.220. The van der Waals surface area contributed by atoms with Gasteiger partial charge in [0.15, 0.2) is 5.82 Å². The molecule has 2 aliphatic rings. The largest absolute Gasteiger partial charge is 0.299 e. The third-order valence-electron chi connectivity index (χ3n) is 6.55. The molecule has 8 heteroatoms. The topological polar surface area (TPSA) is 87.5 Å². The van der Waals surface area contributed by atoms with E-state index in [-0.39, 0.29) is 6.04 Å². The smallest absolute Gasteiger partial charge is 0.179 e. The van der Waals surface area contributed by atoms with Crippen molar-refractivity contribution in [3.63, 3.8) is 0 Å². The van der Waals surface area contributed by atoms with Crippen molar-refractivity contribution >= 4 is 22.5 Å². The summed E-state index contributed by atoms with van der Waals surface area (Å²) in [5.74, 6) is 0.653. The van der Waals surface area contributed by atoms with Gasteiger partial charge in [0.2, 0.25) is 0 Å². The summed E-state index contributed by atoms with van der Waals surface area (Å²) in [7, 11) is 0. The van der Waals surface area contributed by atoms with Crippen LogP contribution in [0.15, 0.2) is 73.1 Å². The van der Waals surface area contributed by atoms with Gasteiger partial charge < -0.3 is 0 Å². The van der Waals surface area contributed by atoms with Gasteiger partial charge in [0.25, 0.3) is 0 Å². The van der Waals surface area contributed by atoms with E-state index in [2.05, 4.69) is 84.4 Å². The number of rotatable bonds is 4. The second kappa shape index (κ2) is 7.03. The lowest BCUT2D eigenvalue weighted by molar-refractivity contribution is 0.401. The van der Waals surface area contributed by atoms with Gasteiger partial charge in [0.1, 0.15) is 0 Å². The zero-order chi connectivity index (χ0) is 21.8. The molecule has 0 amide bonds. The lowest BCUT2D eigenvalue weighted by atomic mass is 10.0. The summed E-state index contributed by atoms with van der Waals surface area (Å²) >= 11 is 0. The Bertz CT molecular complexity index is 1490. The van der Waals surface area contributed by atoms with Crippen LogP contribution in [0.1, 0.15) is 28.4 Å². The fourth-order valence-electron chi connectivity index (χ4n) is 5.02. The maximum Gasteiger partial charge on any atom is 0.179 e. The molecule has 33 heavy (non-hydrogen) atoms. The molecule has 5 aromatic rings. The Hall–Kier alpha value is -4.46. The highest BCUT2D eigenvalue weighted by Crippen LogP contribution is 2.40. The van der Waals surface area contributed by atoms with Crippen LogP contribution in [0.25, 0.3) is 28.2 Å². The molecule has 1 atom stereocenters. The van der Waals surface area contributed by atoms with E-state index in [4.69, 9.17) is 5.10 Å². The molecule has 2 N–H and O–H groups in total. The summed E-state index contributed by atoms with van der Waals surface area (Å²) in [5, 5.41) is 23.6. The Kier molecular flexibility index (Phi) is 3.86. The Morgan fingerprint density at radius 2 is 1.88 bits per heavy atom. The van der Waals surface area contributed by atoms with Gasteiger partial charge in [-0.2, -0.15) is 5.10 Å². The minimum atomic E-state index is 0.220. The van der Waals surface area contributed by atoms with Crippen molar-refractivity contribution in [2.75, 3.05) is 5.43 Å². The van der Waals surface area contributed by atoms with E-state index in [0.29, 0.717) is 5.82 Å². The van der Waals surface area contributed by atoms with E-state index in [9.17, 15) is 0 Å². The molecule has 1 aliphatic carbocycles. The second-order valence-corrected chi connectivity index (χ2v) is 8.46. The SMILES string of the molecule is C1=CN(Nc2ccc(-c3nnn[nH]3)cc2)Cc2c1cnn2[C@H]1Cc2cccc3cccc1c23. The molecule has 0 radical (unpaired) electrons. The van der Waals surface area contributed by atoms with E-state index in [0.717, 1.165) is 24.2 Å². The quantitative estimate of drug-likeness (QED) is 0.443. The number of aromatic amines is 1. The predicted octanol–water partition coefficient (Wildman–Crippen LogP) is 4.18. The molecule has 0 saturated heterocycles. The molecule has 0 fully saturated rings. The van der Waals surface area contributed by atoms with Gasteiger partial charge in [-0.15, -0.1) is 5.10 Å². The van der Waals surface area contributed by atoms with Crippen LogP contribution in [-0.2, 0) is 13.0 Å². The first-order valence-corrected chi connectivity index (χ1v) is 11.0. The van der Waals surface area contributed by atoms with Gasteiger partial charge in [-0.05, 0) is 69.1 Å². The van der Waals surface area contributed by atoms with Crippen LogP contribution in [0.2, 0.25) is 0 Å². The number of hydrogen-bond acceptors (Lipinski definition) is 6. The van der Waals surface area contributed by atoms with Gasteiger partial charge in [-0.1, -0.05) is 36.4 Å². The summed E-state index contributed by atoms with van der Waals surface area (Å²) in [5.41, 5.74) is 10.6. The fourth-order valence-corrected chi connectivity index (χ4v) is 5.02. The Morgan fingerprint density at radius 1 is 1.00 bits per heavy atom. The maximum absolute atomic E-state index is 4.82. The molecule has 160 valence electrons. The Balaban J connectivity index is 1.16. The second-order valence-electron chi connectivity index (χ2n) is 8.46. The highest BCUT2D eigenvalue weighted by molar-refractivity contribution is 5.91. The zero-order valence-electron chi connectivity index (χ0n) is 17.7. The lowest BCUT2D eigenvalue weighted by Crippen LogP contribution is -2.28. The molecule has 2 aromatic heterocycles. The molecular weight excluding hydrogens is 412 g/mol. The summed E-state index contributed by atoms with van der Waals surface area (Å²) in [6.45, 7) is 0.725. The van der Waals surface area contributed by atoms with Crippen molar-refractivity contribution in [3.8, 4) is 11.4 Å². The monoisotopic (exact) mass is 432 g/mol. The first-order valence-electron chi connectivity index (χ1n) is 11.0. The van der Waals surface area contributed by atoms with Gasteiger partial charge in [0.05, 0.1) is 30.2 Å². The Labute approximate surface area is 189 Å². The van der Waals surface area contributed by atoms with E-state index in [1.54, 1.807) is 0 Å². The number of tetrazole rings is 1. The van der Waals surface area contributed by atoms with Crippen molar-refractivity contribution in [2.24, 2.45) is 0 Å². The van der Waals surface area contributed by atoms with E-state index < -0.39 is 0 Å². The Morgan fingerprint density at radius 3 is 2.73 bits per heavy atom.